The van der Waals surface area contributed by atoms with Gasteiger partial charge in [-0.2, -0.15) is 0 Å². The average molecular weight is 287 g/mol. The topological polar surface area (TPSA) is 43.1 Å². The minimum absolute atomic E-state index is 0.193. The van der Waals surface area contributed by atoms with Crippen molar-refractivity contribution in [2.75, 3.05) is 5.75 Å². The fraction of sp³-hybridized carbons (Fsp3) is 0.294. The molecule has 2 nitrogen and oxygen atoms in total. The zero-order chi connectivity index (χ0) is 14.5. The largest absolute Gasteiger partial charge is 0.323 e. The van der Waals surface area contributed by atoms with Crippen LogP contribution in [-0.4, -0.2) is 9.96 Å². The Morgan fingerprint density at radius 2 is 1.55 bits per heavy atom. The van der Waals surface area contributed by atoms with E-state index in [2.05, 4.69) is 13.8 Å². The third kappa shape index (κ3) is 3.78. The minimum atomic E-state index is -1.06. The summed E-state index contributed by atoms with van der Waals surface area (Å²) in [7, 11) is -1.06. The highest BCUT2D eigenvalue weighted by molar-refractivity contribution is 7.85. The lowest BCUT2D eigenvalue weighted by atomic mass is 10.0. The van der Waals surface area contributed by atoms with Crippen LogP contribution in [0.1, 0.15) is 36.9 Å². The second-order valence-electron chi connectivity index (χ2n) is 5.25. The highest BCUT2D eigenvalue weighted by Crippen LogP contribution is 2.19. The predicted molar refractivity (Wildman–Crippen MR) is 85.2 cm³/mol. The van der Waals surface area contributed by atoms with Crippen molar-refractivity contribution >= 4 is 10.8 Å². The number of nitrogens with two attached hydrogens (primary N) is 1. The average Bonchev–Trinajstić information content (AvgIpc) is 2.48. The van der Waals surface area contributed by atoms with E-state index < -0.39 is 10.8 Å². The summed E-state index contributed by atoms with van der Waals surface area (Å²) in [5.74, 6) is 0.939. The third-order valence-corrected chi connectivity index (χ3v) is 4.83. The van der Waals surface area contributed by atoms with Gasteiger partial charge in [0.1, 0.15) is 0 Å². The molecule has 2 aromatic carbocycles. The zero-order valence-electron chi connectivity index (χ0n) is 12.0. The summed E-state index contributed by atoms with van der Waals surface area (Å²) in [5.41, 5.74) is 8.41. The lowest BCUT2D eigenvalue weighted by Gasteiger charge is -2.12. The Morgan fingerprint density at radius 1 is 0.950 bits per heavy atom. The minimum Gasteiger partial charge on any atom is -0.323 e. The van der Waals surface area contributed by atoms with Crippen molar-refractivity contribution in [1.29, 1.82) is 0 Å². The van der Waals surface area contributed by atoms with E-state index in [0.717, 1.165) is 10.5 Å². The summed E-state index contributed by atoms with van der Waals surface area (Å²) < 4.78 is 12.3. The number of hydrogen-bond acceptors (Lipinski definition) is 2. The molecule has 2 N–H and O–H groups in total. The molecule has 0 aliphatic carbocycles. The van der Waals surface area contributed by atoms with E-state index in [4.69, 9.17) is 5.73 Å². The molecule has 0 aliphatic heterocycles. The summed E-state index contributed by atoms with van der Waals surface area (Å²) >= 11 is 0. The van der Waals surface area contributed by atoms with Gasteiger partial charge in [0.2, 0.25) is 0 Å². The molecule has 0 radical (unpaired) electrons. The van der Waals surface area contributed by atoms with Gasteiger partial charge in [0.05, 0.1) is 10.8 Å². The Labute approximate surface area is 123 Å². The fourth-order valence-corrected chi connectivity index (χ4v) is 3.21. The molecule has 3 heteroatoms. The Hall–Kier alpha value is -1.45. The van der Waals surface area contributed by atoms with Crippen LogP contribution in [0.15, 0.2) is 59.5 Å². The molecule has 0 saturated heterocycles. The smallest absolute Gasteiger partial charge is 0.0548 e. The molecule has 2 unspecified atom stereocenters. The lowest BCUT2D eigenvalue weighted by molar-refractivity contribution is 0.675. The third-order valence-electron chi connectivity index (χ3n) is 3.37. The van der Waals surface area contributed by atoms with Crippen LogP contribution in [0, 0.1) is 0 Å². The van der Waals surface area contributed by atoms with Crippen molar-refractivity contribution in [2.24, 2.45) is 5.73 Å². The Balaban J connectivity index is 2.05. The second-order valence-corrected chi connectivity index (χ2v) is 6.75. The molecule has 2 rings (SSSR count). The van der Waals surface area contributed by atoms with Gasteiger partial charge in [-0.1, -0.05) is 56.3 Å². The van der Waals surface area contributed by atoms with Crippen LogP contribution in [0.3, 0.4) is 0 Å². The van der Waals surface area contributed by atoms with Crippen LogP contribution in [0.5, 0.6) is 0 Å². The highest BCUT2D eigenvalue weighted by atomic mass is 32.2. The van der Waals surface area contributed by atoms with Crippen molar-refractivity contribution in [2.45, 2.75) is 30.7 Å². The molecule has 106 valence electrons. The molecule has 0 heterocycles. The first-order chi connectivity index (χ1) is 9.58. The van der Waals surface area contributed by atoms with Gasteiger partial charge in [-0.25, -0.2) is 0 Å². The summed E-state index contributed by atoms with van der Waals surface area (Å²) in [5, 5.41) is 0. The summed E-state index contributed by atoms with van der Waals surface area (Å²) in [4.78, 5) is 0.848. The van der Waals surface area contributed by atoms with Crippen LogP contribution >= 0.6 is 0 Å². The van der Waals surface area contributed by atoms with Crippen LogP contribution in [-0.2, 0) is 10.8 Å². The maximum Gasteiger partial charge on any atom is 0.0548 e. The summed E-state index contributed by atoms with van der Waals surface area (Å²) in [6, 6.07) is 17.6. The first kappa shape index (κ1) is 14.9. The lowest BCUT2D eigenvalue weighted by Crippen LogP contribution is -2.18. The fourth-order valence-electron chi connectivity index (χ4n) is 2.06. The monoisotopic (exact) mass is 287 g/mol. The molecule has 0 spiro atoms. The van der Waals surface area contributed by atoms with Crippen molar-refractivity contribution in [3.63, 3.8) is 0 Å². The Kier molecular flexibility index (Phi) is 5.10. The van der Waals surface area contributed by atoms with Crippen LogP contribution in [0.2, 0.25) is 0 Å². The quantitative estimate of drug-likeness (QED) is 0.912. The van der Waals surface area contributed by atoms with Gasteiger partial charge in [-0.15, -0.1) is 0 Å². The SMILES string of the molecule is CC(C)c1ccc(S(=O)CC(N)c2ccccc2)cc1. The first-order valence-electron chi connectivity index (χ1n) is 6.87. The van der Waals surface area contributed by atoms with Gasteiger partial charge in [0.25, 0.3) is 0 Å². The number of rotatable bonds is 5. The molecule has 0 aliphatic rings. The number of hydrogen-bond donors (Lipinski definition) is 1. The van der Waals surface area contributed by atoms with Gasteiger partial charge >= 0.3 is 0 Å². The van der Waals surface area contributed by atoms with Crippen molar-refractivity contribution in [1.82, 2.24) is 0 Å². The molecular formula is C17H21NOS. The summed E-state index contributed by atoms with van der Waals surface area (Å²) in [6.45, 7) is 4.30. The van der Waals surface area contributed by atoms with Gasteiger partial charge in [-0.05, 0) is 29.2 Å². The molecule has 0 bridgehead atoms. The van der Waals surface area contributed by atoms with Crippen LogP contribution in [0.25, 0.3) is 0 Å². The molecule has 0 amide bonds. The first-order valence-corrected chi connectivity index (χ1v) is 8.18. The Bertz CT molecular complexity index is 563. The van der Waals surface area contributed by atoms with E-state index in [0.29, 0.717) is 11.7 Å². The van der Waals surface area contributed by atoms with E-state index in [1.807, 2.05) is 54.6 Å². The van der Waals surface area contributed by atoms with Crippen LogP contribution in [0.4, 0.5) is 0 Å². The van der Waals surface area contributed by atoms with Crippen molar-refractivity contribution in [3.05, 3.63) is 65.7 Å². The van der Waals surface area contributed by atoms with Gasteiger partial charge in [0.15, 0.2) is 0 Å². The molecule has 2 atom stereocenters. The van der Waals surface area contributed by atoms with Crippen LogP contribution < -0.4 is 5.73 Å². The Morgan fingerprint density at radius 3 is 2.10 bits per heavy atom. The molecule has 0 aromatic heterocycles. The molecule has 20 heavy (non-hydrogen) atoms. The van der Waals surface area contributed by atoms with E-state index in [1.165, 1.54) is 5.56 Å². The van der Waals surface area contributed by atoms with Crippen molar-refractivity contribution < 1.29 is 4.21 Å². The van der Waals surface area contributed by atoms with Gasteiger partial charge < -0.3 is 5.73 Å². The van der Waals surface area contributed by atoms with E-state index in [9.17, 15) is 4.21 Å². The zero-order valence-corrected chi connectivity index (χ0v) is 12.8. The predicted octanol–water partition coefficient (Wildman–Crippen LogP) is 3.62. The maximum absolute atomic E-state index is 12.3. The summed E-state index contributed by atoms with van der Waals surface area (Å²) in [6.07, 6.45) is 0. The van der Waals surface area contributed by atoms with E-state index in [1.54, 1.807) is 0 Å². The van der Waals surface area contributed by atoms with E-state index >= 15 is 0 Å². The van der Waals surface area contributed by atoms with E-state index in [-0.39, 0.29) is 6.04 Å². The molecular weight excluding hydrogens is 266 g/mol. The standard InChI is InChI=1S/C17H21NOS/c1-13(2)14-8-10-16(11-9-14)20(19)12-17(18)15-6-4-3-5-7-15/h3-11,13,17H,12,18H2,1-2H3. The van der Waals surface area contributed by atoms with Gasteiger partial charge in [-0.3, -0.25) is 4.21 Å². The molecule has 0 saturated carbocycles. The van der Waals surface area contributed by atoms with Crippen molar-refractivity contribution in [3.8, 4) is 0 Å². The number of benzene rings is 2. The highest BCUT2D eigenvalue weighted by Gasteiger charge is 2.12. The molecule has 2 aromatic rings. The second kappa shape index (κ2) is 6.82. The van der Waals surface area contributed by atoms with Gasteiger partial charge in [0, 0.05) is 16.7 Å². The normalized spacial score (nSPS) is 14.2. The maximum atomic E-state index is 12.3. The molecule has 0 fully saturated rings.